The lowest BCUT2D eigenvalue weighted by molar-refractivity contribution is -0.115. The van der Waals surface area contributed by atoms with E-state index in [2.05, 4.69) is 15.6 Å². The molecule has 6 nitrogen and oxygen atoms in total. The first-order valence-electron chi connectivity index (χ1n) is 8.10. The van der Waals surface area contributed by atoms with Crippen LogP contribution in [0.5, 0.6) is 0 Å². The maximum Gasteiger partial charge on any atom is 0.238 e. The number of amides is 1. The number of carbonyl (C=O) groups is 1. The first kappa shape index (κ1) is 16.9. The number of benzene rings is 2. The van der Waals surface area contributed by atoms with Gasteiger partial charge < -0.3 is 20.5 Å². The Morgan fingerprint density at radius 1 is 1.24 bits per heavy atom. The van der Waals surface area contributed by atoms with E-state index < -0.39 is 0 Å². The molecule has 6 heteroatoms. The van der Waals surface area contributed by atoms with Crippen LogP contribution in [0.4, 0.5) is 5.69 Å². The Hall–Kier alpha value is -2.99. The summed E-state index contributed by atoms with van der Waals surface area (Å²) in [4.78, 5) is 16.3. The van der Waals surface area contributed by atoms with E-state index in [1.807, 2.05) is 56.3 Å². The Balaban J connectivity index is 1.73. The van der Waals surface area contributed by atoms with Crippen molar-refractivity contribution in [1.29, 1.82) is 5.41 Å². The zero-order valence-electron chi connectivity index (χ0n) is 14.2. The predicted octanol–water partition coefficient (Wildman–Crippen LogP) is 3.43. The van der Waals surface area contributed by atoms with E-state index in [0.717, 1.165) is 16.8 Å². The van der Waals surface area contributed by atoms with Crippen molar-refractivity contribution in [3.05, 3.63) is 48.0 Å². The summed E-state index contributed by atoms with van der Waals surface area (Å²) in [6.07, 6.45) is 1.28. The van der Waals surface area contributed by atoms with Gasteiger partial charge in [0.1, 0.15) is 5.52 Å². The quantitative estimate of drug-likeness (QED) is 0.601. The highest BCUT2D eigenvalue weighted by molar-refractivity contribution is 5.92. The smallest absolute Gasteiger partial charge is 0.238 e. The molecule has 128 valence electrons. The van der Waals surface area contributed by atoms with E-state index in [-0.39, 0.29) is 18.5 Å². The fourth-order valence-electron chi connectivity index (χ4n) is 2.36. The van der Waals surface area contributed by atoms with Crippen molar-refractivity contribution < 1.29 is 9.21 Å². The van der Waals surface area contributed by atoms with Crippen LogP contribution < -0.4 is 10.6 Å². The van der Waals surface area contributed by atoms with Crippen LogP contribution >= 0.6 is 0 Å². The Morgan fingerprint density at radius 3 is 2.68 bits per heavy atom. The van der Waals surface area contributed by atoms with Gasteiger partial charge in [-0.1, -0.05) is 13.8 Å². The number of hydrogen-bond acceptors (Lipinski definition) is 5. The van der Waals surface area contributed by atoms with Gasteiger partial charge in [0.15, 0.2) is 5.58 Å². The van der Waals surface area contributed by atoms with Gasteiger partial charge >= 0.3 is 0 Å². The predicted molar refractivity (Wildman–Crippen MR) is 99.1 cm³/mol. The SMILES string of the molecule is CC(C)NCC(=O)Nc1ccc(-c2nc3cc(C=N)ccc3o2)cc1. The second-order valence-electron chi connectivity index (χ2n) is 6.05. The van der Waals surface area contributed by atoms with E-state index in [0.29, 0.717) is 17.0 Å². The molecule has 1 amide bonds. The molecule has 0 unspecified atom stereocenters. The highest BCUT2D eigenvalue weighted by atomic mass is 16.3. The molecule has 2 aromatic carbocycles. The second kappa shape index (κ2) is 7.27. The molecule has 3 N–H and O–H groups in total. The normalized spacial score (nSPS) is 11.0. The van der Waals surface area contributed by atoms with Crippen molar-refractivity contribution in [1.82, 2.24) is 10.3 Å². The molecule has 0 aliphatic rings. The first-order chi connectivity index (χ1) is 12.0. The van der Waals surface area contributed by atoms with Crippen molar-refractivity contribution in [3.63, 3.8) is 0 Å². The van der Waals surface area contributed by atoms with Crippen molar-refractivity contribution >= 4 is 28.9 Å². The Kier molecular flexibility index (Phi) is 4.90. The van der Waals surface area contributed by atoms with Crippen molar-refractivity contribution in [2.24, 2.45) is 0 Å². The summed E-state index contributed by atoms with van der Waals surface area (Å²) in [7, 11) is 0. The number of oxazole rings is 1. The second-order valence-corrected chi connectivity index (χ2v) is 6.05. The number of fused-ring (bicyclic) bond motifs is 1. The molecule has 0 spiro atoms. The van der Waals surface area contributed by atoms with Gasteiger partial charge in [-0.25, -0.2) is 4.98 Å². The van der Waals surface area contributed by atoms with Crippen molar-refractivity contribution in [2.75, 3.05) is 11.9 Å². The molecule has 0 atom stereocenters. The van der Waals surface area contributed by atoms with Crippen LogP contribution in [0, 0.1) is 5.41 Å². The van der Waals surface area contributed by atoms with E-state index in [9.17, 15) is 4.79 Å². The number of hydrogen-bond donors (Lipinski definition) is 3. The minimum atomic E-state index is -0.0810. The summed E-state index contributed by atoms with van der Waals surface area (Å²) in [5.41, 5.74) is 3.72. The van der Waals surface area contributed by atoms with E-state index in [4.69, 9.17) is 9.83 Å². The zero-order chi connectivity index (χ0) is 17.8. The van der Waals surface area contributed by atoms with E-state index in [1.54, 1.807) is 0 Å². The van der Waals surface area contributed by atoms with Gasteiger partial charge in [0, 0.05) is 23.5 Å². The van der Waals surface area contributed by atoms with Gasteiger partial charge in [0.05, 0.1) is 6.54 Å². The molecule has 0 fully saturated rings. The van der Waals surface area contributed by atoms with Gasteiger partial charge in [-0.05, 0) is 48.0 Å². The summed E-state index contributed by atoms with van der Waals surface area (Å²) in [6.45, 7) is 4.26. The van der Waals surface area contributed by atoms with Gasteiger partial charge in [-0.15, -0.1) is 0 Å². The number of rotatable bonds is 6. The van der Waals surface area contributed by atoms with Gasteiger partial charge in [-0.3, -0.25) is 4.79 Å². The van der Waals surface area contributed by atoms with Crippen LogP contribution in [0.25, 0.3) is 22.6 Å². The maximum atomic E-state index is 11.8. The molecular weight excluding hydrogens is 316 g/mol. The lowest BCUT2D eigenvalue weighted by atomic mass is 10.2. The monoisotopic (exact) mass is 336 g/mol. The van der Waals surface area contributed by atoms with Crippen LogP contribution in [0.15, 0.2) is 46.9 Å². The third-order valence-electron chi connectivity index (χ3n) is 3.66. The van der Waals surface area contributed by atoms with Crippen LogP contribution in [0.2, 0.25) is 0 Å². The molecule has 3 rings (SSSR count). The van der Waals surface area contributed by atoms with Crippen molar-refractivity contribution in [2.45, 2.75) is 19.9 Å². The fourth-order valence-corrected chi connectivity index (χ4v) is 2.36. The molecule has 3 aromatic rings. The molecule has 0 aliphatic carbocycles. The highest BCUT2D eigenvalue weighted by Gasteiger charge is 2.09. The average molecular weight is 336 g/mol. The highest BCUT2D eigenvalue weighted by Crippen LogP contribution is 2.25. The molecule has 0 saturated carbocycles. The minimum absolute atomic E-state index is 0.0810. The van der Waals surface area contributed by atoms with E-state index in [1.165, 1.54) is 6.21 Å². The summed E-state index contributed by atoms with van der Waals surface area (Å²) in [6, 6.07) is 13.0. The third-order valence-corrected chi connectivity index (χ3v) is 3.66. The van der Waals surface area contributed by atoms with Crippen LogP contribution in [-0.4, -0.2) is 29.7 Å². The third kappa shape index (κ3) is 4.10. The Morgan fingerprint density at radius 2 is 2.00 bits per heavy atom. The summed E-state index contributed by atoms with van der Waals surface area (Å²) < 4.78 is 5.76. The average Bonchev–Trinajstić information content (AvgIpc) is 3.03. The molecule has 0 radical (unpaired) electrons. The molecule has 0 aliphatic heterocycles. The van der Waals surface area contributed by atoms with Crippen molar-refractivity contribution in [3.8, 4) is 11.5 Å². The molecule has 0 bridgehead atoms. The minimum Gasteiger partial charge on any atom is -0.436 e. The largest absolute Gasteiger partial charge is 0.436 e. The number of anilines is 1. The summed E-state index contributed by atoms with van der Waals surface area (Å²) >= 11 is 0. The molecular formula is C19H20N4O2. The standard InChI is InChI=1S/C19H20N4O2/c1-12(2)21-11-18(24)22-15-6-4-14(5-7-15)19-23-16-9-13(10-20)3-8-17(16)25-19/h3-10,12,20-21H,11H2,1-2H3,(H,22,24). The Labute approximate surface area is 145 Å². The zero-order valence-corrected chi connectivity index (χ0v) is 14.2. The number of nitrogens with zero attached hydrogens (tertiary/aromatic N) is 1. The number of carbonyl (C=O) groups excluding carboxylic acids is 1. The van der Waals surface area contributed by atoms with Crippen LogP contribution in [-0.2, 0) is 4.79 Å². The lowest BCUT2D eigenvalue weighted by Crippen LogP contribution is -2.32. The lowest BCUT2D eigenvalue weighted by Gasteiger charge is -2.09. The number of nitrogens with one attached hydrogen (secondary N) is 3. The number of aromatic nitrogens is 1. The molecule has 0 saturated heterocycles. The van der Waals surface area contributed by atoms with Crippen LogP contribution in [0.1, 0.15) is 19.4 Å². The fraction of sp³-hybridized carbons (Fsp3) is 0.211. The first-order valence-corrected chi connectivity index (χ1v) is 8.10. The molecule has 1 heterocycles. The van der Waals surface area contributed by atoms with E-state index >= 15 is 0 Å². The van der Waals surface area contributed by atoms with Gasteiger partial charge in [0.2, 0.25) is 11.8 Å². The summed E-state index contributed by atoms with van der Waals surface area (Å²) in [5.74, 6) is 0.430. The topological polar surface area (TPSA) is 91.0 Å². The van der Waals surface area contributed by atoms with Crippen LogP contribution in [0.3, 0.4) is 0 Å². The molecule has 25 heavy (non-hydrogen) atoms. The maximum absolute atomic E-state index is 11.8. The van der Waals surface area contributed by atoms with Gasteiger partial charge in [-0.2, -0.15) is 0 Å². The Bertz CT molecular complexity index is 897. The summed E-state index contributed by atoms with van der Waals surface area (Å²) in [5, 5.41) is 13.2. The van der Waals surface area contributed by atoms with Gasteiger partial charge in [0.25, 0.3) is 0 Å². The molecule has 1 aromatic heterocycles.